The van der Waals surface area contributed by atoms with Gasteiger partial charge in [-0.1, -0.05) is 65.7 Å². The third-order valence-corrected chi connectivity index (χ3v) is 7.08. The van der Waals surface area contributed by atoms with E-state index in [1.165, 1.54) is 28.9 Å². The summed E-state index contributed by atoms with van der Waals surface area (Å²) in [5, 5.41) is 7.72. The lowest BCUT2D eigenvalue weighted by molar-refractivity contribution is 0.552. The van der Waals surface area contributed by atoms with Gasteiger partial charge in [0.2, 0.25) is 5.95 Å². The molecule has 1 atom stereocenters. The predicted molar refractivity (Wildman–Crippen MR) is 130 cm³/mol. The highest BCUT2D eigenvalue weighted by atomic mass is 35.5. The minimum Gasteiger partial charge on any atom is -0.324 e. The zero-order valence-electron chi connectivity index (χ0n) is 17.9. The van der Waals surface area contributed by atoms with Crippen LogP contribution in [0.1, 0.15) is 22.7 Å². The molecule has 34 heavy (non-hydrogen) atoms. The summed E-state index contributed by atoms with van der Waals surface area (Å²) in [6, 6.07) is 19.4. The highest BCUT2D eigenvalue weighted by Crippen LogP contribution is 2.37. The van der Waals surface area contributed by atoms with Gasteiger partial charge >= 0.3 is 0 Å². The highest BCUT2D eigenvalue weighted by molar-refractivity contribution is 7.92. The Morgan fingerprint density at radius 2 is 1.76 bits per heavy atom. The fraction of sp³-hybridized carbons (Fsp3) is 0.0833. The standard InChI is InChI=1S/C24H19ClFN5O2S/c1-15-10-12-16(13-11-15)20-14-21(22-18(25)8-5-9-19(22)26)31-24(27-20)28-23(29-31)30-34(32,33)17-6-3-2-4-7-17/h2-14,21H,1H3,(H2,27,28,29,30). The van der Waals surface area contributed by atoms with E-state index in [0.29, 0.717) is 5.70 Å². The summed E-state index contributed by atoms with van der Waals surface area (Å²) in [5.74, 6) is -0.415. The van der Waals surface area contributed by atoms with Gasteiger partial charge in [0.15, 0.2) is 0 Å². The van der Waals surface area contributed by atoms with Crippen molar-refractivity contribution in [2.45, 2.75) is 17.9 Å². The Hall–Kier alpha value is -3.69. The molecular weight excluding hydrogens is 477 g/mol. The molecule has 0 spiro atoms. The van der Waals surface area contributed by atoms with Crippen molar-refractivity contribution in [1.29, 1.82) is 0 Å². The van der Waals surface area contributed by atoms with Gasteiger partial charge < -0.3 is 5.32 Å². The maximum Gasteiger partial charge on any atom is 0.264 e. The Bertz CT molecular complexity index is 1480. The lowest BCUT2D eigenvalue weighted by atomic mass is 10.0. The molecule has 0 amide bonds. The molecule has 0 radical (unpaired) electrons. The topological polar surface area (TPSA) is 88.9 Å². The van der Waals surface area contributed by atoms with Crippen molar-refractivity contribution in [3.8, 4) is 0 Å². The number of allylic oxidation sites excluding steroid dienone is 1. The fourth-order valence-corrected chi connectivity index (χ4v) is 4.95. The molecule has 3 aromatic carbocycles. The second-order valence-electron chi connectivity index (χ2n) is 7.77. The Kier molecular flexibility index (Phi) is 5.59. The second-order valence-corrected chi connectivity index (χ2v) is 9.86. The number of anilines is 2. The van der Waals surface area contributed by atoms with Crippen LogP contribution in [0.4, 0.5) is 16.3 Å². The summed E-state index contributed by atoms with van der Waals surface area (Å²) in [4.78, 5) is 4.41. The number of aromatic nitrogens is 3. The first-order chi connectivity index (χ1) is 16.3. The normalized spacial score (nSPS) is 15.3. The van der Waals surface area contributed by atoms with E-state index < -0.39 is 21.9 Å². The monoisotopic (exact) mass is 495 g/mol. The molecular formula is C24H19ClFN5O2S. The molecule has 7 nitrogen and oxygen atoms in total. The Morgan fingerprint density at radius 1 is 1.03 bits per heavy atom. The van der Waals surface area contributed by atoms with Crippen molar-refractivity contribution < 1.29 is 12.8 Å². The van der Waals surface area contributed by atoms with Crippen molar-refractivity contribution >= 4 is 39.2 Å². The maximum atomic E-state index is 14.9. The van der Waals surface area contributed by atoms with Crippen LogP contribution in [0.5, 0.6) is 0 Å². The van der Waals surface area contributed by atoms with Crippen molar-refractivity contribution in [2.75, 3.05) is 10.0 Å². The van der Waals surface area contributed by atoms with Crippen LogP contribution >= 0.6 is 11.6 Å². The third-order valence-electron chi connectivity index (χ3n) is 5.40. The largest absolute Gasteiger partial charge is 0.324 e. The van der Waals surface area contributed by atoms with E-state index in [1.807, 2.05) is 31.2 Å². The SMILES string of the molecule is Cc1ccc(C2=CC(c3c(F)cccc3Cl)n3nc(NS(=O)(=O)c4ccccc4)nc3N2)cc1. The molecule has 172 valence electrons. The summed E-state index contributed by atoms with van der Waals surface area (Å²) < 4.78 is 44.3. The van der Waals surface area contributed by atoms with Crippen LogP contribution in [0.3, 0.4) is 0 Å². The lowest BCUT2D eigenvalue weighted by Gasteiger charge is -2.25. The van der Waals surface area contributed by atoms with Crippen molar-refractivity contribution in [3.63, 3.8) is 0 Å². The first-order valence-corrected chi connectivity index (χ1v) is 12.2. The first kappa shape index (κ1) is 22.1. The van der Waals surface area contributed by atoms with Gasteiger partial charge in [-0.25, -0.2) is 22.2 Å². The summed E-state index contributed by atoms with van der Waals surface area (Å²) in [6.07, 6.45) is 1.78. The number of benzene rings is 3. The van der Waals surface area contributed by atoms with Crippen LogP contribution in [0.15, 0.2) is 83.8 Å². The summed E-state index contributed by atoms with van der Waals surface area (Å²) in [5.41, 5.74) is 2.82. The Morgan fingerprint density at radius 3 is 2.47 bits per heavy atom. The van der Waals surface area contributed by atoms with Gasteiger partial charge in [-0.3, -0.25) is 0 Å². The molecule has 0 saturated carbocycles. The van der Waals surface area contributed by atoms with Gasteiger partial charge in [-0.15, -0.1) is 5.10 Å². The number of nitrogens with zero attached hydrogens (tertiary/aromatic N) is 3. The maximum absolute atomic E-state index is 14.9. The predicted octanol–water partition coefficient (Wildman–Crippen LogP) is 5.24. The van der Waals surface area contributed by atoms with Gasteiger partial charge in [0.05, 0.1) is 4.90 Å². The molecule has 1 aromatic heterocycles. The van der Waals surface area contributed by atoms with Gasteiger partial charge in [0.1, 0.15) is 11.9 Å². The van der Waals surface area contributed by atoms with E-state index in [9.17, 15) is 12.8 Å². The van der Waals surface area contributed by atoms with Crippen LogP contribution in [0.2, 0.25) is 5.02 Å². The van der Waals surface area contributed by atoms with Crippen LogP contribution in [0, 0.1) is 12.7 Å². The second kappa shape index (κ2) is 8.58. The molecule has 0 bridgehead atoms. The molecule has 1 aliphatic rings. The highest BCUT2D eigenvalue weighted by Gasteiger charge is 2.30. The van der Waals surface area contributed by atoms with E-state index in [1.54, 1.807) is 30.3 Å². The van der Waals surface area contributed by atoms with Crippen molar-refractivity contribution in [1.82, 2.24) is 14.8 Å². The number of rotatable bonds is 5. The average molecular weight is 496 g/mol. The van der Waals surface area contributed by atoms with E-state index in [4.69, 9.17) is 11.6 Å². The number of hydrogen-bond acceptors (Lipinski definition) is 5. The molecule has 2 N–H and O–H groups in total. The van der Waals surface area contributed by atoms with E-state index in [2.05, 4.69) is 20.1 Å². The quantitative estimate of drug-likeness (QED) is 0.395. The molecule has 4 aromatic rings. The number of halogens is 2. The fourth-order valence-electron chi connectivity index (χ4n) is 3.72. The number of sulfonamides is 1. The summed E-state index contributed by atoms with van der Waals surface area (Å²) >= 11 is 6.37. The van der Waals surface area contributed by atoms with Gasteiger partial charge in [0.25, 0.3) is 16.0 Å². The van der Waals surface area contributed by atoms with Crippen molar-refractivity contribution in [3.05, 3.63) is 106 Å². The Balaban J connectivity index is 1.59. The van der Waals surface area contributed by atoms with Crippen LogP contribution < -0.4 is 10.0 Å². The minimum atomic E-state index is -3.91. The smallest absolute Gasteiger partial charge is 0.264 e. The van der Waals surface area contributed by atoms with Gasteiger partial charge in [-0.2, -0.15) is 4.98 Å². The molecule has 5 rings (SSSR count). The van der Waals surface area contributed by atoms with E-state index >= 15 is 0 Å². The molecule has 1 aliphatic heterocycles. The molecule has 0 fully saturated rings. The number of aryl methyl sites for hydroxylation is 1. The number of hydrogen-bond donors (Lipinski definition) is 2. The van der Waals surface area contributed by atoms with Crippen LogP contribution in [0.25, 0.3) is 5.70 Å². The van der Waals surface area contributed by atoms with Gasteiger partial charge in [0, 0.05) is 16.3 Å². The summed E-state index contributed by atoms with van der Waals surface area (Å²) in [7, 11) is -3.91. The minimum absolute atomic E-state index is 0.0721. The molecule has 0 aliphatic carbocycles. The van der Waals surface area contributed by atoms with Crippen LogP contribution in [-0.4, -0.2) is 23.2 Å². The number of nitrogens with one attached hydrogen (secondary N) is 2. The van der Waals surface area contributed by atoms with Gasteiger partial charge in [-0.05, 0) is 42.8 Å². The lowest BCUT2D eigenvalue weighted by Crippen LogP contribution is -2.21. The van der Waals surface area contributed by atoms with E-state index in [-0.39, 0.29) is 27.4 Å². The molecule has 1 unspecified atom stereocenters. The molecule has 0 saturated heterocycles. The number of fused-ring (bicyclic) bond motifs is 1. The zero-order chi connectivity index (χ0) is 23.9. The van der Waals surface area contributed by atoms with E-state index in [0.717, 1.165) is 11.1 Å². The summed E-state index contributed by atoms with van der Waals surface area (Å²) in [6.45, 7) is 1.98. The average Bonchev–Trinajstić information content (AvgIpc) is 3.21. The zero-order valence-corrected chi connectivity index (χ0v) is 19.5. The van der Waals surface area contributed by atoms with Crippen molar-refractivity contribution in [2.24, 2.45) is 0 Å². The molecule has 2 heterocycles. The molecule has 10 heteroatoms. The third kappa shape index (κ3) is 4.15. The van der Waals surface area contributed by atoms with Crippen LogP contribution in [-0.2, 0) is 10.0 Å². The first-order valence-electron chi connectivity index (χ1n) is 10.4. The Labute approximate surface area is 201 Å².